The third-order valence-electron chi connectivity index (χ3n) is 3.07. The molecule has 0 N–H and O–H groups in total. The molecular formula is C16H6Br2Cl2O4. The third kappa shape index (κ3) is 3.52. The van der Waals surface area contributed by atoms with Crippen LogP contribution in [0.5, 0.6) is 5.75 Å². The topological polar surface area (TPSA) is 56.5 Å². The molecule has 1 aromatic heterocycles. The average molecular weight is 493 g/mol. The van der Waals surface area contributed by atoms with Crippen LogP contribution in [0.15, 0.2) is 54.6 Å². The maximum absolute atomic E-state index is 12.3. The number of carbonyl (C=O) groups excluding carboxylic acids is 1. The van der Waals surface area contributed by atoms with Crippen LogP contribution in [0.2, 0.25) is 10.0 Å². The van der Waals surface area contributed by atoms with Gasteiger partial charge in [-0.15, -0.1) is 0 Å². The van der Waals surface area contributed by atoms with Crippen molar-refractivity contribution < 1.29 is 13.9 Å². The lowest BCUT2D eigenvalue weighted by molar-refractivity contribution is 0.0730. The monoisotopic (exact) mass is 490 g/mol. The van der Waals surface area contributed by atoms with Crippen LogP contribution in [-0.2, 0) is 0 Å². The van der Waals surface area contributed by atoms with E-state index < -0.39 is 11.6 Å². The molecule has 0 atom stereocenters. The number of hydrogen-bond donors (Lipinski definition) is 0. The van der Waals surface area contributed by atoms with Gasteiger partial charge in [0, 0.05) is 20.9 Å². The molecule has 0 aliphatic carbocycles. The molecule has 122 valence electrons. The van der Waals surface area contributed by atoms with E-state index in [4.69, 9.17) is 32.4 Å². The van der Waals surface area contributed by atoms with Crippen LogP contribution in [0.4, 0.5) is 0 Å². The van der Waals surface area contributed by atoms with Crippen molar-refractivity contribution in [3.05, 3.63) is 71.4 Å². The molecule has 0 unspecified atom stereocenters. The van der Waals surface area contributed by atoms with Crippen LogP contribution >= 0.6 is 55.1 Å². The summed E-state index contributed by atoms with van der Waals surface area (Å²) >= 11 is 18.4. The highest BCUT2D eigenvalue weighted by atomic mass is 79.9. The molecule has 0 fully saturated rings. The first-order valence-corrected chi connectivity index (χ1v) is 8.79. The van der Waals surface area contributed by atoms with E-state index in [2.05, 4.69) is 31.9 Å². The van der Waals surface area contributed by atoms with Gasteiger partial charge in [-0.25, -0.2) is 9.59 Å². The van der Waals surface area contributed by atoms with Crippen molar-refractivity contribution in [3.8, 4) is 5.75 Å². The lowest BCUT2D eigenvalue weighted by Gasteiger charge is -2.07. The van der Waals surface area contributed by atoms with Crippen molar-refractivity contribution in [1.82, 2.24) is 0 Å². The summed E-state index contributed by atoms with van der Waals surface area (Å²) in [4.78, 5) is 24.4. The summed E-state index contributed by atoms with van der Waals surface area (Å²) in [5, 5.41) is 1.10. The lowest BCUT2D eigenvalue weighted by atomic mass is 10.2. The summed E-state index contributed by atoms with van der Waals surface area (Å²) in [5.41, 5.74) is -0.724. The molecule has 3 aromatic rings. The Hall–Kier alpha value is -1.34. The molecule has 0 aliphatic rings. The maximum Gasteiger partial charge on any atom is 0.351 e. The molecule has 4 nitrogen and oxygen atoms in total. The molecule has 0 aliphatic heterocycles. The van der Waals surface area contributed by atoms with Crippen LogP contribution in [0.25, 0.3) is 11.0 Å². The van der Waals surface area contributed by atoms with E-state index in [1.54, 1.807) is 18.2 Å². The maximum atomic E-state index is 12.3. The Morgan fingerprint density at radius 2 is 1.83 bits per heavy atom. The van der Waals surface area contributed by atoms with Crippen LogP contribution in [-0.4, -0.2) is 5.97 Å². The van der Waals surface area contributed by atoms with E-state index in [0.717, 1.165) is 4.47 Å². The number of esters is 1. The fourth-order valence-corrected chi connectivity index (χ4v) is 3.67. The average Bonchev–Trinajstić information content (AvgIpc) is 2.51. The highest BCUT2D eigenvalue weighted by Crippen LogP contribution is 2.30. The van der Waals surface area contributed by atoms with Crippen LogP contribution in [0.1, 0.15) is 10.4 Å². The standard InChI is InChI=1S/C16H6Br2Cl2O4/c17-8-3-7-4-10(16(22)24-14(7)11(18)5-8)15(21)23-13-6-9(19)1-2-12(13)20/h1-6H. The van der Waals surface area contributed by atoms with Gasteiger partial charge in [-0.3, -0.25) is 0 Å². The number of halogens is 4. The van der Waals surface area contributed by atoms with E-state index >= 15 is 0 Å². The summed E-state index contributed by atoms with van der Waals surface area (Å²) in [6, 6.07) is 9.28. The van der Waals surface area contributed by atoms with Crippen molar-refractivity contribution in [1.29, 1.82) is 0 Å². The highest BCUT2D eigenvalue weighted by Gasteiger charge is 2.18. The minimum Gasteiger partial charge on any atom is -0.421 e. The van der Waals surface area contributed by atoms with Crippen LogP contribution in [0, 0.1) is 0 Å². The Kier molecular flexibility index (Phi) is 5.01. The second-order valence-corrected chi connectivity index (χ2v) is 7.33. The number of benzene rings is 2. The fourth-order valence-electron chi connectivity index (χ4n) is 2.01. The number of hydrogen-bond acceptors (Lipinski definition) is 4. The van der Waals surface area contributed by atoms with E-state index in [1.165, 1.54) is 18.2 Å². The Morgan fingerprint density at radius 1 is 1.08 bits per heavy atom. The van der Waals surface area contributed by atoms with E-state index in [-0.39, 0.29) is 16.3 Å². The van der Waals surface area contributed by atoms with E-state index in [9.17, 15) is 9.59 Å². The second-order valence-electron chi connectivity index (χ2n) is 4.72. The SMILES string of the molecule is O=C(Oc1cc(Cl)ccc1Cl)c1cc2cc(Br)cc(Br)c2oc1=O. The summed E-state index contributed by atoms with van der Waals surface area (Å²) in [6.07, 6.45) is 0. The molecule has 0 bridgehead atoms. The molecular weight excluding hydrogens is 487 g/mol. The van der Waals surface area contributed by atoms with Crippen molar-refractivity contribution in [2.75, 3.05) is 0 Å². The van der Waals surface area contributed by atoms with E-state index in [1.807, 2.05) is 0 Å². The summed E-state index contributed by atoms with van der Waals surface area (Å²) in [6.45, 7) is 0. The summed E-state index contributed by atoms with van der Waals surface area (Å²) in [5.74, 6) is -0.824. The number of ether oxygens (including phenoxy) is 1. The van der Waals surface area contributed by atoms with Crippen molar-refractivity contribution in [2.24, 2.45) is 0 Å². The second kappa shape index (κ2) is 6.88. The van der Waals surface area contributed by atoms with Gasteiger partial charge in [-0.05, 0) is 46.3 Å². The minimum atomic E-state index is -0.883. The van der Waals surface area contributed by atoms with Crippen molar-refractivity contribution in [2.45, 2.75) is 0 Å². The summed E-state index contributed by atoms with van der Waals surface area (Å²) in [7, 11) is 0. The van der Waals surface area contributed by atoms with Gasteiger partial charge in [0.2, 0.25) is 0 Å². The summed E-state index contributed by atoms with van der Waals surface area (Å²) < 4.78 is 11.7. The Morgan fingerprint density at radius 3 is 2.58 bits per heavy atom. The molecule has 0 saturated carbocycles. The van der Waals surface area contributed by atoms with Gasteiger partial charge in [0.25, 0.3) is 0 Å². The molecule has 3 rings (SSSR count). The first kappa shape index (κ1) is 17.5. The first-order valence-electron chi connectivity index (χ1n) is 6.45. The molecule has 0 radical (unpaired) electrons. The van der Waals surface area contributed by atoms with Crippen molar-refractivity contribution >= 4 is 72.0 Å². The first-order chi connectivity index (χ1) is 11.3. The zero-order valence-electron chi connectivity index (χ0n) is 11.6. The number of fused-ring (bicyclic) bond motifs is 1. The molecule has 0 spiro atoms. The molecule has 0 saturated heterocycles. The minimum absolute atomic E-state index is 0.0593. The zero-order valence-corrected chi connectivity index (χ0v) is 16.3. The molecule has 0 amide bonds. The normalized spacial score (nSPS) is 10.8. The molecule has 1 heterocycles. The van der Waals surface area contributed by atoms with Gasteiger partial charge in [0.1, 0.15) is 5.56 Å². The quantitative estimate of drug-likeness (QED) is 0.256. The highest BCUT2D eigenvalue weighted by molar-refractivity contribution is 9.11. The third-order valence-corrected chi connectivity index (χ3v) is 4.66. The molecule has 8 heteroatoms. The van der Waals surface area contributed by atoms with Gasteiger partial charge in [-0.2, -0.15) is 0 Å². The van der Waals surface area contributed by atoms with Crippen LogP contribution < -0.4 is 10.4 Å². The van der Waals surface area contributed by atoms with Gasteiger partial charge < -0.3 is 9.15 Å². The molecule has 24 heavy (non-hydrogen) atoms. The van der Waals surface area contributed by atoms with Crippen LogP contribution in [0.3, 0.4) is 0 Å². The molecule has 2 aromatic carbocycles. The Bertz CT molecular complexity index is 1030. The van der Waals surface area contributed by atoms with Gasteiger partial charge in [-0.1, -0.05) is 39.1 Å². The van der Waals surface area contributed by atoms with Gasteiger partial charge >= 0.3 is 11.6 Å². The Balaban J connectivity index is 2.05. The lowest BCUT2D eigenvalue weighted by Crippen LogP contribution is -2.18. The van der Waals surface area contributed by atoms with Gasteiger partial charge in [0.15, 0.2) is 11.3 Å². The van der Waals surface area contributed by atoms with Gasteiger partial charge in [0.05, 0.1) is 9.50 Å². The van der Waals surface area contributed by atoms with Crippen molar-refractivity contribution in [3.63, 3.8) is 0 Å². The predicted molar refractivity (Wildman–Crippen MR) is 99.3 cm³/mol. The smallest absolute Gasteiger partial charge is 0.351 e. The Labute approximate surface area is 162 Å². The number of carbonyl (C=O) groups is 1. The zero-order chi connectivity index (χ0) is 17.4. The fraction of sp³-hybridized carbons (Fsp3) is 0. The largest absolute Gasteiger partial charge is 0.421 e. The van der Waals surface area contributed by atoms with E-state index in [0.29, 0.717) is 20.5 Å². The predicted octanol–water partition coefficient (Wildman–Crippen LogP) is 5.84. The number of rotatable bonds is 2.